The summed E-state index contributed by atoms with van der Waals surface area (Å²) in [4.78, 5) is 26.7. The molecule has 3 N–H and O–H groups in total. The molecule has 0 unspecified atom stereocenters. The molecule has 1 aromatic rings. The van der Waals surface area contributed by atoms with Crippen molar-refractivity contribution in [2.75, 3.05) is 32.1 Å². The molecule has 1 aromatic carbocycles. The van der Waals surface area contributed by atoms with E-state index in [1.807, 2.05) is 29.2 Å². The van der Waals surface area contributed by atoms with Crippen LogP contribution in [0.1, 0.15) is 44.9 Å². The van der Waals surface area contributed by atoms with E-state index in [4.69, 9.17) is 10.5 Å². The van der Waals surface area contributed by atoms with Crippen LogP contribution in [0.3, 0.4) is 0 Å². The zero-order valence-corrected chi connectivity index (χ0v) is 16.9. The number of para-hydroxylation sites is 2. The minimum absolute atomic E-state index is 0. The van der Waals surface area contributed by atoms with Gasteiger partial charge in [-0.1, -0.05) is 25.0 Å². The number of benzene rings is 1. The van der Waals surface area contributed by atoms with Gasteiger partial charge in [0.25, 0.3) is 0 Å². The lowest BCUT2D eigenvalue weighted by atomic mass is 9.95. The number of nitrogens with one attached hydrogen (secondary N) is 1. The second-order valence-corrected chi connectivity index (χ2v) is 6.80. The Morgan fingerprint density at radius 1 is 1.15 bits per heavy atom. The van der Waals surface area contributed by atoms with Crippen molar-refractivity contribution in [3.8, 4) is 5.75 Å². The van der Waals surface area contributed by atoms with Gasteiger partial charge in [0.2, 0.25) is 11.8 Å². The third-order valence-corrected chi connectivity index (χ3v) is 4.93. The molecular formula is C20H32ClN3O3. The predicted octanol–water partition coefficient (Wildman–Crippen LogP) is 3.20. The third-order valence-electron chi connectivity index (χ3n) is 4.93. The highest BCUT2D eigenvalue weighted by atomic mass is 35.5. The van der Waals surface area contributed by atoms with Crippen molar-refractivity contribution < 1.29 is 14.3 Å². The Morgan fingerprint density at radius 3 is 2.48 bits per heavy atom. The summed E-state index contributed by atoms with van der Waals surface area (Å²) >= 11 is 0. The molecule has 0 radical (unpaired) electrons. The van der Waals surface area contributed by atoms with Gasteiger partial charge in [0, 0.05) is 25.4 Å². The number of anilines is 1. The van der Waals surface area contributed by atoms with Crippen molar-refractivity contribution >= 4 is 29.9 Å². The lowest BCUT2D eigenvalue weighted by Gasteiger charge is -2.31. The summed E-state index contributed by atoms with van der Waals surface area (Å²) in [6, 6.07) is 7.39. The molecule has 0 bridgehead atoms. The fraction of sp³-hybridized carbons (Fsp3) is 0.600. The van der Waals surface area contributed by atoms with Crippen LogP contribution in [0.4, 0.5) is 5.69 Å². The van der Waals surface area contributed by atoms with E-state index in [9.17, 15) is 9.59 Å². The Bertz CT molecular complexity index is 590. The summed E-state index contributed by atoms with van der Waals surface area (Å²) in [5, 5.41) is 2.95. The van der Waals surface area contributed by atoms with E-state index in [0.29, 0.717) is 43.8 Å². The van der Waals surface area contributed by atoms with Crippen molar-refractivity contribution in [1.82, 2.24) is 4.90 Å². The van der Waals surface area contributed by atoms with Crippen LogP contribution in [0, 0.1) is 5.92 Å². The standard InChI is InChI=1S/C20H31N3O3.ClH/c1-26-18-9-6-5-8-17(18)22-20(25)16-11-14-23(15-12-16)19(24)10-4-2-3-7-13-21;/h5-6,8-9,16H,2-4,7,10-15,21H2,1H3,(H,22,25);1H. The zero-order chi connectivity index (χ0) is 18.8. The predicted molar refractivity (Wildman–Crippen MR) is 110 cm³/mol. The van der Waals surface area contributed by atoms with Gasteiger partial charge in [0.15, 0.2) is 0 Å². The molecule has 0 atom stereocenters. The number of piperidine rings is 1. The maximum atomic E-state index is 12.5. The largest absolute Gasteiger partial charge is 0.495 e. The second-order valence-electron chi connectivity index (χ2n) is 6.80. The van der Waals surface area contributed by atoms with Crippen molar-refractivity contribution in [1.29, 1.82) is 0 Å². The summed E-state index contributed by atoms with van der Waals surface area (Å²) in [5.74, 6) is 0.807. The highest BCUT2D eigenvalue weighted by molar-refractivity contribution is 5.94. The molecule has 0 aromatic heterocycles. The normalized spacial score (nSPS) is 14.4. The van der Waals surface area contributed by atoms with Crippen LogP contribution in [0.5, 0.6) is 5.75 Å². The third kappa shape index (κ3) is 7.39. The van der Waals surface area contributed by atoms with Crippen LogP contribution in [0.2, 0.25) is 0 Å². The molecule has 152 valence electrons. The summed E-state index contributed by atoms with van der Waals surface area (Å²) < 4.78 is 5.27. The number of carbonyl (C=O) groups excluding carboxylic acids is 2. The van der Waals surface area contributed by atoms with E-state index in [1.165, 1.54) is 0 Å². The molecule has 27 heavy (non-hydrogen) atoms. The van der Waals surface area contributed by atoms with Gasteiger partial charge >= 0.3 is 0 Å². The van der Waals surface area contributed by atoms with E-state index < -0.39 is 0 Å². The molecule has 1 saturated heterocycles. The molecule has 2 amide bonds. The van der Waals surface area contributed by atoms with Crippen LogP contribution in [-0.2, 0) is 9.59 Å². The van der Waals surface area contributed by atoms with Gasteiger partial charge in [-0.3, -0.25) is 9.59 Å². The van der Waals surface area contributed by atoms with Crippen molar-refractivity contribution in [3.05, 3.63) is 24.3 Å². The monoisotopic (exact) mass is 397 g/mol. The van der Waals surface area contributed by atoms with E-state index in [1.54, 1.807) is 7.11 Å². The number of halogens is 1. The molecule has 7 heteroatoms. The van der Waals surface area contributed by atoms with Crippen molar-refractivity contribution in [2.45, 2.75) is 44.9 Å². The van der Waals surface area contributed by atoms with Crippen LogP contribution >= 0.6 is 12.4 Å². The van der Waals surface area contributed by atoms with Gasteiger partial charge in [0.1, 0.15) is 5.75 Å². The number of amides is 2. The number of ether oxygens (including phenoxy) is 1. The van der Waals surface area contributed by atoms with Gasteiger partial charge in [-0.25, -0.2) is 0 Å². The lowest BCUT2D eigenvalue weighted by Crippen LogP contribution is -2.41. The van der Waals surface area contributed by atoms with Crippen molar-refractivity contribution in [2.24, 2.45) is 11.7 Å². The first-order valence-corrected chi connectivity index (χ1v) is 9.57. The lowest BCUT2D eigenvalue weighted by molar-refractivity contribution is -0.134. The van der Waals surface area contributed by atoms with Gasteiger partial charge in [-0.15, -0.1) is 12.4 Å². The Balaban J connectivity index is 0.00000364. The number of hydrogen-bond donors (Lipinski definition) is 2. The fourth-order valence-corrected chi connectivity index (χ4v) is 3.31. The molecule has 0 saturated carbocycles. The first-order chi connectivity index (χ1) is 12.7. The Labute approximate surface area is 168 Å². The summed E-state index contributed by atoms with van der Waals surface area (Å²) in [6.07, 6.45) is 6.12. The number of carbonyl (C=O) groups is 2. The second kappa shape index (κ2) is 12.6. The number of rotatable bonds is 9. The molecule has 1 aliphatic rings. The van der Waals surface area contributed by atoms with E-state index in [0.717, 1.165) is 32.2 Å². The minimum atomic E-state index is -0.0616. The first kappa shape index (κ1) is 23.2. The molecule has 0 spiro atoms. The maximum Gasteiger partial charge on any atom is 0.227 e. The van der Waals surface area contributed by atoms with Crippen LogP contribution in [0.25, 0.3) is 0 Å². The number of hydrogen-bond acceptors (Lipinski definition) is 4. The number of unbranched alkanes of at least 4 members (excludes halogenated alkanes) is 3. The van der Waals surface area contributed by atoms with Gasteiger partial charge in [-0.05, 0) is 44.4 Å². The number of likely N-dealkylation sites (tertiary alicyclic amines) is 1. The van der Waals surface area contributed by atoms with E-state index >= 15 is 0 Å². The topological polar surface area (TPSA) is 84.7 Å². The minimum Gasteiger partial charge on any atom is -0.495 e. The molecule has 1 heterocycles. The van der Waals surface area contributed by atoms with E-state index in [-0.39, 0.29) is 30.1 Å². The number of nitrogens with zero attached hydrogens (tertiary/aromatic N) is 1. The number of nitrogens with two attached hydrogens (primary N) is 1. The van der Waals surface area contributed by atoms with Gasteiger partial charge < -0.3 is 20.7 Å². The molecular weight excluding hydrogens is 366 g/mol. The van der Waals surface area contributed by atoms with Gasteiger partial charge in [-0.2, -0.15) is 0 Å². The smallest absolute Gasteiger partial charge is 0.227 e. The fourth-order valence-electron chi connectivity index (χ4n) is 3.31. The molecule has 1 aliphatic heterocycles. The molecule has 1 fully saturated rings. The zero-order valence-electron chi connectivity index (χ0n) is 16.1. The van der Waals surface area contributed by atoms with Crippen LogP contribution < -0.4 is 15.8 Å². The SMILES string of the molecule is COc1ccccc1NC(=O)C1CCN(C(=O)CCCCCCN)CC1.Cl. The van der Waals surface area contributed by atoms with Crippen LogP contribution in [-0.4, -0.2) is 43.5 Å². The maximum absolute atomic E-state index is 12.5. The summed E-state index contributed by atoms with van der Waals surface area (Å²) in [5.41, 5.74) is 6.17. The highest BCUT2D eigenvalue weighted by Crippen LogP contribution is 2.26. The molecule has 0 aliphatic carbocycles. The Hall–Kier alpha value is -1.79. The van der Waals surface area contributed by atoms with Gasteiger partial charge in [0.05, 0.1) is 12.8 Å². The molecule has 6 nitrogen and oxygen atoms in total. The Morgan fingerprint density at radius 2 is 1.81 bits per heavy atom. The van der Waals surface area contributed by atoms with E-state index in [2.05, 4.69) is 5.32 Å². The molecule has 2 rings (SSSR count). The summed E-state index contributed by atoms with van der Waals surface area (Å²) in [7, 11) is 1.59. The highest BCUT2D eigenvalue weighted by Gasteiger charge is 2.27. The van der Waals surface area contributed by atoms with Crippen molar-refractivity contribution in [3.63, 3.8) is 0 Å². The average Bonchev–Trinajstić information content (AvgIpc) is 2.68. The average molecular weight is 398 g/mol. The van der Waals surface area contributed by atoms with Crippen LogP contribution in [0.15, 0.2) is 24.3 Å². The number of methoxy groups -OCH3 is 1. The first-order valence-electron chi connectivity index (χ1n) is 9.57. The quantitative estimate of drug-likeness (QED) is 0.626. The Kier molecular flexibility index (Phi) is 10.8. The summed E-state index contributed by atoms with van der Waals surface area (Å²) in [6.45, 7) is 2.04.